The van der Waals surface area contributed by atoms with Crippen LogP contribution in [0.15, 0.2) is 0 Å². The zero-order valence-corrected chi connectivity index (χ0v) is 10.3. The Bertz CT molecular complexity index is 387. The molecule has 1 aliphatic rings. The van der Waals surface area contributed by atoms with Gasteiger partial charge in [-0.15, -0.1) is 5.10 Å². The molecule has 1 N–H and O–H groups in total. The van der Waals surface area contributed by atoms with Crippen molar-refractivity contribution in [1.82, 2.24) is 20.2 Å². The van der Waals surface area contributed by atoms with Crippen LogP contribution in [-0.4, -0.2) is 44.0 Å². The molecular weight excluding hydrogens is 236 g/mol. The minimum absolute atomic E-state index is 0.144. The van der Waals surface area contributed by atoms with Gasteiger partial charge in [0.2, 0.25) is 0 Å². The van der Waals surface area contributed by atoms with Gasteiger partial charge in [-0.05, 0) is 36.1 Å². The average Bonchev–Trinajstić information content (AvgIpc) is 2.96. The van der Waals surface area contributed by atoms with Gasteiger partial charge in [-0.25, -0.2) is 4.68 Å². The van der Waals surface area contributed by atoms with Crippen molar-refractivity contribution in [1.29, 1.82) is 0 Å². The third kappa shape index (κ3) is 3.76. The van der Waals surface area contributed by atoms with Gasteiger partial charge in [0.25, 0.3) is 0 Å². The van der Waals surface area contributed by atoms with E-state index in [2.05, 4.69) is 15.5 Å². The Morgan fingerprint density at radius 2 is 2.44 bits per heavy atom. The number of ether oxygens (including phenoxy) is 1. The molecule has 1 aromatic heterocycles. The van der Waals surface area contributed by atoms with Crippen LogP contribution < -0.4 is 0 Å². The minimum Gasteiger partial charge on any atom is -0.481 e. The fourth-order valence-corrected chi connectivity index (χ4v) is 2.12. The van der Waals surface area contributed by atoms with Crippen LogP contribution in [-0.2, 0) is 22.5 Å². The molecule has 1 aliphatic heterocycles. The summed E-state index contributed by atoms with van der Waals surface area (Å²) in [4.78, 5) is 10.4. The summed E-state index contributed by atoms with van der Waals surface area (Å²) in [6.45, 7) is 1.41. The highest BCUT2D eigenvalue weighted by atomic mass is 16.5. The van der Waals surface area contributed by atoms with E-state index in [1.807, 2.05) is 0 Å². The fraction of sp³-hybridized carbons (Fsp3) is 0.818. The second-order valence-corrected chi connectivity index (χ2v) is 4.49. The summed E-state index contributed by atoms with van der Waals surface area (Å²) in [6, 6.07) is 0. The largest absolute Gasteiger partial charge is 0.481 e. The number of nitrogens with zero attached hydrogens (tertiary/aromatic N) is 4. The van der Waals surface area contributed by atoms with Crippen molar-refractivity contribution in [3.05, 3.63) is 5.82 Å². The molecule has 1 fully saturated rings. The molecule has 2 rings (SSSR count). The lowest BCUT2D eigenvalue weighted by Gasteiger charge is -2.08. The van der Waals surface area contributed by atoms with Crippen LogP contribution in [0.2, 0.25) is 0 Å². The number of carboxylic acid groups (broad SMARTS) is 1. The first-order valence-electron chi connectivity index (χ1n) is 6.34. The van der Waals surface area contributed by atoms with Gasteiger partial charge in [0, 0.05) is 26.0 Å². The number of aromatic nitrogens is 4. The molecule has 7 heteroatoms. The molecule has 0 aliphatic carbocycles. The van der Waals surface area contributed by atoms with Gasteiger partial charge in [0.1, 0.15) is 0 Å². The van der Waals surface area contributed by atoms with Crippen LogP contribution in [0.5, 0.6) is 0 Å². The SMILES string of the molecule is O=C(O)CCCn1nnnc1CCC1CCCO1. The van der Waals surface area contributed by atoms with E-state index in [4.69, 9.17) is 9.84 Å². The monoisotopic (exact) mass is 254 g/mol. The molecule has 100 valence electrons. The molecule has 2 heterocycles. The Labute approximate surface area is 105 Å². The van der Waals surface area contributed by atoms with Gasteiger partial charge in [0.05, 0.1) is 6.10 Å². The number of tetrazole rings is 1. The molecule has 18 heavy (non-hydrogen) atoms. The summed E-state index contributed by atoms with van der Waals surface area (Å²) in [5, 5.41) is 20.1. The number of hydrogen-bond donors (Lipinski definition) is 1. The highest BCUT2D eigenvalue weighted by Gasteiger charge is 2.17. The lowest BCUT2D eigenvalue weighted by molar-refractivity contribution is -0.137. The predicted molar refractivity (Wildman–Crippen MR) is 62.0 cm³/mol. The minimum atomic E-state index is -0.788. The van der Waals surface area contributed by atoms with E-state index in [0.29, 0.717) is 19.1 Å². The molecule has 1 unspecified atom stereocenters. The summed E-state index contributed by atoms with van der Waals surface area (Å²) < 4.78 is 7.24. The Balaban J connectivity index is 1.77. The summed E-state index contributed by atoms with van der Waals surface area (Å²) >= 11 is 0. The molecule has 0 bridgehead atoms. The molecule has 0 radical (unpaired) electrons. The van der Waals surface area contributed by atoms with Crippen molar-refractivity contribution in [2.45, 2.75) is 51.2 Å². The van der Waals surface area contributed by atoms with Crippen molar-refractivity contribution in [3.63, 3.8) is 0 Å². The quantitative estimate of drug-likeness (QED) is 0.768. The number of aliphatic carboxylic acids is 1. The molecule has 1 saturated heterocycles. The molecule has 0 spiro atoms. The number of carbonyl (C=O) groups is 1. The number of carboxylic acids is 1. The van der Waals surface area contributed by atoms with Crippen LogP contribution in [0.3, 0.4) is 0 Å². The Hall–Kier alpha value is -1.50. The van der Waals surface area contributed by atoms with Crippen LogP contribution in [0, 0.1) is 0 Å². The maximum absolute atomic E-state index is 10.4. The van der Waals surface area contributed by atoms with E-state index < -0.39 is 5.97 Å². The first kappa shape index (κ1) is 12.9. The Kier molecular flexibility index (Phi) is 4.63. The van der Waals surface area contributed by atoms with Crippen molar-refractivity contribution < 1.29 is 14.6 Å². The Morgan fingerprint density at radius 1 is 1.56 bits per heavy atom. The summed E-state index contributed by atoms with van der Waals surface area (Å²) in [6.07, 6.45) is 4.98. The van der Waals surface area contributed by atoms with Crippen LogP contribution in [0.25, 0.3) is 0 Å². The summed E-state index contributed by atoms with van der Waals surface area (Å²) in [5.74, 6) is 0.0277. The number of aryl methyl sites for hydroxylation is 2. The Morgan fingerprint density at radius 3 is 3.17 bits per heavy atom. The topological polar surface area (TPSA) is 90.1 Å². The van der Waals surface area contributed by atoms with Gasteiger partial charge in [-0.1, -0.05) is 0 Å². The van der Waals surface area contributed by atoms with Gasteiger partial charge >= 0.3 is 5.97 Å². The first-order valence-corrected chi connectivity index (χ1v) is 6.34. The smallest absolute Gasteiger partial charge is 0.303 e. The third-order valence-corrected chi connectivity index (χ3v) is 3.08. The average molecular weight is 254 g/mol. The molecule has 0 saturated carbocycles. The van der Waals surface area contributed by atoms with E-state index in [-0.39, 0.29) is 6.42 Å². The lowest BCUT2D eigenvalue weighted by Crippen LogP contribution is -2.11. The molecular formula is C11H18N4O3. The second-order valence-electron chi connectivity index (χ2n) is 4.49. The van der Waals surface area contributed by atoms with E-state index in [9.17, 15) is 4.79 Å². The lowest BCUT2D eigenvalue weighted by atomic mass is 10.1. The fourth-order valence-electron chi connectivity index (χ4n) is 2.12. The van der Waals surface area contributed by atoms with E-state index in [1.165, 1.54) is 0 Å². The van der Waals surface area contributed by atoms with E-state index >= 15 is 0 Å². The molecule has 7 nitrogen and oxygen atoms in total. The first-order chi connectivity index (χ1) is 8.75. The molecule has 1 aromatic rings. The van der Waals surface area contributed by atoms with E-state index in [1.54, 1.807) is 4.68 Å². The second kappa shape index (κ2) is 6.44. The molecule has 1 atom stereocenters. The van der Waals surface area contributed by atoms with Crippen molar-refractivity contribution in [3.8, 4) is 0 Å². The van der Waals surface area contributed by atoms with E-state index in [0.717, 1.165) is 38.1 Å². The van der Waals surface area contributed by atoms with Gasteiger partial charge in [-0.3, -0.25) is 4.79 Å². The standard InChI is InChI=1S/C11H18N4O3/c16-11(17)4-1-7-15-10(12-13-14-15)6-5-9-3-2-8-18-9/h9H,1-8H2,(H,16,17). The normalized spacial score (nSPS) is 19.2. The van der Waals surface area contributed by atoms with Crippen LogP contribution in [0.4, 0.5) is 0 Å². The predicted octanol–water partition coefficient (Wildman–Crippen LogP) is 0.649. The van der Waals surface area contributed by atoms with Gasteiger partial charge in [0.15, 0.2) is 5.82 Å². The van der Waals surface area contributed by atoms with Crippen molar-refractivity contribution in [2.75, 3.05) is 6.61 Å². The van der Waals surface area contributed by atoms with Crippen LogP contribution in [0.1, 0.15) is 37.9 Å². The zero-order chi connectivity index (χ0) is 12.8. The number of hydrogen-bond acceptors (Lipinski definition) is 5. The van der Waals surface area contributed by atoms with Gasteiger partial charge < -0.3 is 9.84 Å². The number of rotatable bonds is 7. The third-order valence-electron chi connectivity index (χ3n) is 3.08. The maximum atomic E-state index is 10.4. The zero-order valence-electron chi connectivity index (χ0n) is 10.3. The maximum Gasteiger partial charge on any atom is 0.303 e. The van der Waals surface area contributed by atoms with Crippen molar-refractivity contribution >= 4 is 5.97 Å². The molecule has 0 amide bonds. The highest BCUT2D eigenvalue weighted by molar-refractivity contribution is 5.66. The van der Waals surface area contributed by atoms with Gasteiger partial charge in [-0.2, -0.15) is 0 Å². The summed E-state index contributed by atoms with van der Waals surface area (Å²) in [7, 11) is 0. The summed E-state index contributed by atoms with van der Waals surface area (Å²) in [5.41, 5.74) is 0. The highest BCUT2D eigenvalue weighted by Crippen LogP contribution is 2.16. The van der Waals surface area contributed by atoms with Crippen LogP contribution >= 0.6 is 0 Å². The van der Waals surface area contributed by atoms with Crippen molar-refractivity contribution in [2.24, 2.45) is 0 Å². The molecule has 0 aromatic carbocycles.